The molecule has 3 nitrogen and oxygen atoms in total. The van der Waals surface area contributed by atoms with E-state index in [0.29, 0.717) is 24.3 Å². The van der Waals surface area contributed by atoms with Crippen molar-refractivity contribution in [3.63, 3.8) is 0 Å². The van der Waals surface area contributed by atoms with Gasteiger partial charge in [0.05, 0.1) is 12.3 Å². The van der Waals surface area contributed by atoms with Gasteiger partial charge < -0.3 is 5.32 Å². The summed E-state index contributed by atoms with van der Waals surface area (Å²) in [7, 11) is 0. The highest BCUT2D eigenvalue weighted by Gasteiger charge is 2.10. The van der Waals surface area contributed by atoms with Crippen molar-refractivity contribution >= 4 is 5.69 Å². The summed E-state index contributed by atoms with van der Waals surface area (Å²) in [5, 5.41) is 3.24. The van der Waals surface area contributed by atoms with Gasteiger partial charge in [-0.15, -0.1) is 0 Å². The molecule has 4 aromatic rings. The molecule has 0 spiro atoms. The highest BCUT2D eigenvalue weighted by molar-refractivity contribution is 5.82. The molecule has 4 rings (SSSR count). The molecule has 1 heterocycles. The van der Waals surface area contributed by atoms with Gasteiger partial charge in [0.15, 0.2) is 11.6 Å². The van der Waals surface area contributed by atoms with Gasteiger partial charge in [-0.1, -0.05) is 60.7 Å². The van der Waals surface area contributed by atoms with Crippen molar-refractivity contribution in [2.45, 2.75) is 13.1 Å². The topological polar surface area (TPSA) is 29.3 Å². The molecule has 0 aliphatic rings. The van der Waals surface area contributed by atoms with Crippen LogP contribution in [0.2, 0.25) is 0 Å². The summed E-state index contributed by atoms with van der Waals surface area (Å²) < 4.78 is 26.3. The van der Waals surface area contributed by atoms with Gasteiger partial charge >= 0.3 is 0 Å². The SMILES string of the molecule is [C-]#[N+]c1cnc(-c2ccc(CNCc3ccc(F)c(F)c3)cc2)c(-c2ccccc2)c1. The maximum absolute atomic E-state index is 13.3. The predicted molar refractivity (Wildman–Crippen MR) is 118 cm³/mol. The quantitative estimate of drug-likeness (QED) is 0.365. The summed E-state index contributed by atoms with van der Waals surface area (Å²) in [5.74, 6) is -1.68. The number of nitrogens with one attached hydrogen (secondary N) is 1. The van der Waals surface area contributed by atoms with Crippen LogP contribution in [0.15, 0.2) is 85.1 Å². The molecule has 0 bridgehead atoms. The summed E-state index contributed by atoms with van der Waals surface area (Å²) in [5.41, 5.74) is 5.95. The number of halogens is 2. The molecule has 3 aromatic carbocycles. The van der Waals surface area contributed by atoms with E-state index in [4.69, 9.17) is 6.57 Å². The average Bonchev–Trinajstić information content (AvgIpc) is 2.82. The van der Waals surface area contributed by atoms with Crippen LogP contribution in [0, 0.1) is 18.2 Å². The van der Waals surface area contributed by atoms with Crippen LogP contribution in [0.5, 0.6) is 0 Å². The molecule has 0 radical (unpaired) electrons. The molecule has 31 heavy (non-hydrogen) atoms. The van der Waals surface area contributed by atoms with Crippen LogP contribution in [0.4, 0.5) is 14.5 Å². The maximum atomic E-state index is 13.3. The summed E-state index contributed by atoms with van der Waals surface area (Å²) in [6.07, 6.45) is 1.59. The van der Waals surface area contributed by atoms with Gasteiger partial charge in [-0.05, 0) is 40.5 Å². The van der Waals surface area contributed by atoms with Crippen LogP contribution in [0.1, 0.15) is 11.1 Å². The van der Waals surface area contributed by atoms with Gasteiger partial charge in [0.1, 0.15) is 0 Å². The molecule has 0 unspecified atom stereocenters. The standard InChI is InChI=1S/C26H19F2N3/c1-29-22-14-23(20-5-3-2-4-6-20)26(31-17-22)21-10-7-18(8-11-21)15-30-16-19-9-12-24(27)25(28)13-19/h2-14,17,30H,15-16H2. The van der Waals surface area contributed by atoms with Crippen LogP contribution < -0.4 is 5.32 Å². The fourth-order valence-electron chi connectivity index (χ4n) is 3.36. The Morgan fingerprint density at radius 2 is 1.48 bits per heavy atom. The predicted octanol–water partition coefficient (Wildman–Crippen LogP) is 6.53. The third-order valence-corrected chi connectivity index (χ3v) is 4.96. The number of benzene rings is 3. The Hall–Kier alpha value is -3.88. The lowest BCUT2D eigenvalue weighted by Crippen LogP contribution is -2.12. The second kappa shape index (κ2) is 9.29. The normalized spacial score (nSPS) is 10.6. The van der Waals surface area contributed by atoms with Crippen molar-refractivity contribution in [2.75, 3.05) is 0 Å². The third-order valence-electron chi connectivity index (χ3n) is 4.96. The van der Waals surface area contributed by atoms with Crippen molar-refractivity contribution in [1.82, 2.24) is 10.3 Å². The first-order valence-corrected chi connectivity index (χ1v) is 9.81. The van der Waals surface area contributed by atoms with Gasteiger partial charge in [0.2, 0.25) is 5.69 Å². The van der Waals surface area contributed by atoms with Crippen molar-refractivity contribution in [2.24, 2.45) is 0 Å². The molecule has 0 saturated heterocycles. The van der Waals surface area contributed by atoms with Crippen LogP contribution >= 0.6 is 0 Å². The summed E-state index contributed by atoms with van der Waals surface area (Å²) in [6, 6.07) is 23.7. The number of hydrogen-bond donors (Lipinski definition) is 1. The van der Waals surface area contributed by atoms with E-state index in [2.05, 4.69) is 15.1 Å². The lowest BCUT2D eigenvalue weighted by atomic mass is 9.98. The van der Waals surface area contributed by atoms with E-state index in [9.17, 15) is 8.78 Å². The van der Waals surface area contributed by atoms with Crippen LogP contribution in [-0.4, -0.2) is 4.98 Å². The Morgan fingerprint density at radius 1 is 0.774 bits per heavy atom. The van der Waals surface area contributed by atoms with Crippen molar-refractivity contribution in [3.05, 3.63) is 119 Å². The fourth-order valence-corrected chi connectivity index (χ4v) is 3.36. The molecule has 152 valence electrons. The molecule has 0 amide bonds. The minimum atomic E-state index is -0.841. The molecule has 0 saturated carbocycles. The molecule has 1 N–H and O–H groups in total. The van der Waals surface area contributed by atoms with Crippen molar-refractivity contribution in [3.8, 4) is 22.4 Å². The first-order chi connectivity index (χ1) is 15.1. The van der Waals surface area contributed by atoms with Crippen molar-refractivity contribution < 1.29 is 8.78 Å². The smallest absolute Gasteiger partial charge is 0.205 e. The first-order valence-electron chi connectivity index (χ1n) is 9.81. The monoisotopic (exact) mass is 411 g/mol. The molecule has 5 heteroatoms. The van der Waals surface area contributed by atoms with Crippen molar-refractivity contribution in [1.29, 1.82) is 0 Å². The summed E-state index contributed by atoms with van der Waals surface area (Å²) >= 11 is 0. The molecule has 1 aromatic heterocycles. The first kappa shape index (κ1) is 20.4. The average molecular weight is 411 g/mol. The van der Waals surface area contributed by atoms with E-state index in [-0.39, 0.29) is 0 Å². The van der Waals surface area contributed by atoms with Crippen LogP contribution in [0.3, 0.4) is 0 Å². The zero-order chi connectivity index (χ0) is 21.6. The van der Waals surface area contributed by atoms with E-state index in [1.807, 2.05) is 60.7 Å². The second-order valence-corrected chi connectivity index (χ2v) is 7.12. The number of nitrogens with zero attached hydrogens (tertiary/aromatic N) is 2. The van der Waals surface area contributed by atoms with Gasteiger partial charge in [-0.3, -0.25) is 4.98 Å². The number of aromatic nitrogens is 1. The molecular formula is C26H19F2N3. The molecular weight excluding hydrogens is 392 g/mol. The zero-order valence-corrected chi connectivity index (χ0v) is 16.6. The maximum Gasteiger partial charge on any atom is 0.205 e. The Balaban J connectivity index is 1.50. The number of hydrogen-bond acceptors (Lipinski definition) is 2. The molecule has 0 aliphatic carbocycles. The largest absolute Gasteiger partial charge is 0.309 e. The van der Waals surface area contributed by atoms with E-state index in [1.165, 1.54) is 6.07 Å². The van der Waals surface area contributed by atoms with E-state index in [1.54, 1.807) is 12.3 Å². The fraction of sp³-hybridized carbons (Fsp3) is 0.0769. The molecule has 0 aliphatic heterocycles. The Morgan fingerprint density at radius 3 is 2.19 bits per heavy atom. The minimum absolute atomic E-state index is 0.441. The van der Waals surface area contributed by atoms with E-state index >= 15 is 0 Å². The lowest BCUT2D eigenvalue weighted by molar-refractivity contribution is 0.506. The Kier molecular flexibility index (Phi) is 6.11. The third kappa shape index (κ3) is 4.82. The Bertz CT molecular complexity index is 1230. The van der Waals surface area contributed by atoms with E-state index < -0.39 is 11.6 Å². The number of pyridine rings is 1. The minimum Gasteiger partial charge on any atom is -0.309 e. The van der Waals surface area contributed by atoms with Crippen LogP contribution in [-0.2, 0) is 13.1 Å². The molecule has 0 fully saturated rings. The van der Waals surface area contributed by atoms with E-state index in [0.717, 1.165) is 34.0 Å². The Labute approximate surface area is 179 Å². The van der Waals surface area contributed by atoms with Gasteiger partial charge in [-0.25, -0.2) is 13.6 Å². The van der Waals surface area contributed by atoms with Gasteiger partial charge in [0, 0.05) is 24.8 Å². The summed E-state index contributed by atoms with van der Waals surface area (Å²) in [6.45, 7) is 8.33. The lowest BCUT2D eigenvalue weighted by Gasteiger charge is -2.11. The highest BCUT2D eigenvalue weighted by atomic mass is 19.2. The van der Waals surface area contributed by atoms with Gasteiger partial charge in [-0.2, -0.15) is 0 Å². The molecule has 0 atom stereocenters. The van der Waals surface area contributed by atoms with Gasteiger partial charge in [0.25, 0.3) is 0 Å². The second-order valence-electron chi connectivity index (χ2n) is 7.12. The number of rotatable bonds is 6. The highest BCUT2D eigenvalue weighted by Crippen LogP contribution is 2.33. The zero-order valence-electron chi connectivity index (χ0n) is 16.6. The summed E-state index contributed by atoms with van der Waals surface area (Å²) in [4.78, 5) is 8.06. The van der Waals surface area contributed by atoms with Crippen LogP contribution in [0.25, 0.3) is 27.2 Å².